The lowest BCUT2D eigenvalue weighted by atomic mass is 9.77. The Morgan fingerprint density at radius 1 is 0.619 bits per heavy atom. The van der Waals surface area contributed by atoms with Crippen LogP contribution in [0.3, 0.4) is 0 Å². The molecule has 122 valence electrons. The highest BCUT2D eigenvalue weighted by Gasteiger charge is 2.34. The van der Waals surface area contributed by atoms with Crippen LogP contribution in [0.2, 0.25) is 0 Å². The van der Waals surface area contributed by atoms with E-state index in [1.165, 1.54) is 38.5 Å². The minimum absolute atomic E-state index is 0.362. The lowest BCUT2D eigenvalue weighted by Gasteiger charge is -2.28. The molecule has 1 heterocycles. The summed E-state index contributed by atoms with van der Waals surface area (Å²) < 4.78 is 0. The van der Waals surface area contributed by atoms with Gasteiger partial charge in [-0.05, 0) is 49.7 Å². The largest absolute Gasteiger partial charge is 0.144 e. The summed E-state index contributed by atoms with van der Waals surface area (Å²) in [4.78, 5) is 3.38. The summed E-state index contributed by atoms with van der Waals surface area (Å²) in [6.07, 6.45) is 7.36. The third kappa shape index (κ3) is 3.23. The third-order valence-electron chi connectivity index (χ3n) is 6.04. The van der Waals surface area contributed by atoms with Gasteiger partial charge in [0, 0.05) is 20.6 Å². The van der Waals surface area contributed by atoms with Gasteiger partial charge in [-0.1, -0.05) is 55.4 Å². The van der Waals surface area contributed by atoms with Crippen molar-refractivity contribution in [2.75, 3.05) is 0 Å². The van der Waals surface area contributed by atoms with Crippen LogP contribution in [0.5, 0.6) is 0 Å². The standard InChI is InChI=1S/C20H36S/c1-9-15-16(10-2)18(20(8,13-5)14-6)21-17(15)19(7,11-3)12-4/h9-14H2,1-8H3. The second-order valence-corrected chi connectivity index (χ2v) is 7.98. The molecule has 0 unspecified atom stereocenters. The maximum Gasteiger partial charge on any atom is 0.0142 e. The second-order valence-electron chi connectivity index (χ2n) is 6.96. The van der Waals surface area contributed by atoms with Crippen LogP contribution in [-0.2, 0) is 23.7 Å². The van der Waals surface area contributed by atoms with E-state index in [4.69, 9.17) is 0 Å². The fourth-order valence-corrected chi connectivity index (χ4v) is 5.42. The third-order valence-corrected chi connectivity index (χ3v) is 7.93. The molecule has 0 nitrogen and oxygen atoms in total. The first kappa shape index (κ1) is 18.7. The van der Waals surface area contributed by atoms with Crippen molar-refractivity contribution < 1.29 is 0 Å². The predicted octanol–water partition coefficient (Wildman–Crippen LogP) is 7.03. The molecule has 1 rings (SSSR count). The highest BCUT2D eigenvalue weighted by molar-refractivity contribution is 7.12. The second kappa shape index (κ2) is 7.31. The van der Waals surface area contributed by atoms with Crippen LogP contribution < -0.4 is 0 Å². The molecule has 0 bridgehead atoms. The fourth-order valence-electron chi connectivity index (χ4n) is 3.36. The number of thiophene rings is 1. The molecule has 21 heavy (non-hydrogen) atoms. The van der Waals surface area contributed by atoms with Crippen molar-refractivity contribution in [3.05, 3.63) is 20.9 Å². The Morgan fingerprint density at radius 3 is 1.10 bits per heavy atom. The normalized spacial score (nSPS) is 13.0. The summed E-state index contributed by atoms with van der Waals surface area (Å²) in [7, 11) is 0. The van der Waals surface area contributed by atoms with Gasteiger partial charge in [-0.2, -0.15) is 0 Å². The van der Waals surface area contributed by atoms with E-state index in [9.17, 15) is 0 Å². The maximum atomic E-state index is 2.47. The van der Waals surface area contributed by atoms with Gasteiger partial charge in [-0.25, -0.2) is 0 Å². The van der Waals surface area contributed by atoms with Gasteiger partial charge >= 0.3 is 0 Å². The van der Waals surface area contributed by atoms with E-state index in [1.54, 1.807) is 20.9 Å². The van der Waals surface area contributed by atoms with Crippen LogP contribution in [-0.4, -0.2) is 0 Å². The van der Waals surface area contributed by atoms with Crippen LogP contribution in [0.1, 0.15) is 102 Å². The first-order chi connectivity index (χ1) is 9.87. The van der Waals surface area contributed by atoms with Crippen molar-refractivity contribution in [3.63, 3.8) is 0 Å². The van der Waals surface area contributed by atoms with Crippen LogP contribution in [0, 0.1) is 0 Å². The zero-order valence-electron chi connectivity index (χ0n) is 15.7. The van der Waals surface area contributed by atoms with Gasteiger partial charge in [0.2, 0.25) is 0 Å². The molecule has 0 aromatic carbocycles. The van der Waals surface area contributed by atoms with Crippen molar-refractivity contribution in [3.8, 4) is 0 Å². The molecule has 0 saturated carbocycles. The molecule has 0 atom stereocenters. The molecular formula is C20H36S. The first-order valence-corrected chi connectivity index (χ1v) is 9.84. The molecule has 0 fully saturated rings. The molecule has 0 N–H and O–H groups in total. The van der Waals surface area contributed by atoms with E-state index in [0.29, 0.717) is 10.8 Å². The van der Waals surface area contributed by atoms with Crippen LogP contribution in [0.15, 0.2) is 0 Å². The summed E-state index contributed by atoms with van der Waals surface area (Å²) >= 11 is 2.15. The van der Waals surface area contributed by atoms with Gasteiger partial charge in [0.05, 0.1) is 0 Å². The summed E-state index contributed by atoms with van der Waals surface area (Å²) in [6.45, 7) is 19.0. The molecule has 0 spiro atoms. The highest BCUT2D eigenvalue weighted by Crippen LogP contribution is 2.47. The number of hydrogen-bond acceptors (Lipinski definition) is 1. The minimum Gasteiger partial charge on any atom is -0.144 e. The van der Waals surface area contributed by atoms with Gasteiger partial charge in [-0.3, -0.25) is 0 Å². The minimum atomic E-state index is 0.362. The quantitative estimate of drug-likeness (QED) is 0.483. The number of rotatable bonds is 8. The van der Waals surface area contributed by atoms with Crippen molar-refractivity contribution in [2.45, 2.75) is 105 Å². The Kier molecular flexibility index (Phi) is 6.53. The smallest absolute Gasteiger partial charge is 0.0142 e. The van der Waals surface area contributed by atoms with Crippen molar-refractivity contribution in [2.24, 2.45) is 0 Å². The van der Waals surface area contributed by atoms with E-state index >= 15 is 0 Å². The fraction of sp³-hybridized carbons (Fsp3) is 0.800. The zero-order valence-corrected chi connectivity index (χ0v) is 16.5. The lowest BCUT2D eigenvalue weighted by molar-refractivity contribution is 0.444. The Morgan fingerprint density at radius 2 is 0.905 bits per heavy atom. The summed E-state index contributed by atoms with van der Waals surface area (Å²) in [5.74, 6) is 0. The lowest BCUT2D eigenvalue weighted by Crippen LogP contribution is -2.19. The van der Waals surface area contributed by atoms with Crippen LogP contribution in [0.4, 0.5) is 0 Å². The summed E-state index contributed by atoms with van der Waals surface area (Å²) in [5.41, 5.74) is 4.08. The Balaban J connectivity index is 3.60. The van der Waals surface area contributed by atoms with Gasteiger partial charge in [0.25, 0.3) is 0 Å². The van der Waals surface area contributed by atoms with E-state index < -0.39 is 0 Å². The van der Waals surface area contributed by atoms with E-state index in [2.05, 4.69) is 66.7 Å². The summed E-state index contributed by atoms with van der Waals surface area (Å²) in [5, 5.41) is 0. The zero-order chi connectivity index (χ0) is 16.3. The average molecular weight is 309 g/mol. The van der Waals surface area contributed by atoms with E-state index in [-0.39, 0.29) is 0 Å². The van der Waals surface area contributed by atoms with Crippen LogP contribution >= 0.6 is 11.3 Å². The molecule has 0 radical (unpaired) electrons. The molecule has 0 aliphatic heterocycles. The Labute approximate surface area is 137 Å². The van der Waals surface area contributed by atoms with Gasteiger partial charge < -0.3 is 0 Å². The van der Waals surface area contributed by atoms with E-state index in [0.717, 1.165) is 0 Å². The summed E-state index contributed by atoms with van der Waals surface area (Å²) in [6, 6.07) is 0. The van der Waals surface area contributed by atoms with Gasteiger partial charge in [-0.15, -0.1) is 11.3 Å². The monoisotopic (exact) mass is 308 g/mol. The molecule has 0 saturated heterocycles. The molecule has 0 aliphatic carbocycles. The van der Waals surface area contributed by atoms with Gasteiger partial charge in [0.15, 0.2) is 0 Å². The van der Waals surface area contributed by atoms with Crippen LogP contribution in [0.25, 0.3) is 0 Å². The first-order valence-electron chi connectivity index (χ1n) is 9.02. The topological polar surface area (TPSA) is 0 Å². The molecule has 0 amide bonds. The van der Waals surface area contributed by atoms with Crippen molar-refractivity contribution in [1.29, 1.82) is 0 Å². The maximum absolute atomic E-state index is 2.47. The Bertz CT molecular complexity index is 404. The molecule has 1 aromatic rings. The average Bonchev–Trinajstić information content (AvgIpc) is 2.92. The predicted molar refractivity (Wildman–Crippen MR) is 98.9 cm³/mol. The SMILES string of the molecule is CCc1c(C(C)(CC)CC)sc(C(C)(CC)CC)c1CC. The molecule has 1 aromatic heterocycles. The highest BCUT2D eigenvalue weighted by atomic mass is 32.1. The van der Waals surface area contributed by atoms with Crippen molar-refractivity contribution >= 4 is 11.3 Å². The van der Waals surface area contributed by atoms with E-state index in [1.807, 2.05) is 0 Å². The number of hydrogen-bond donors (Lipinski definition) is 0. The molecule has 0 aliphatic rings. The van der Waals surface area contributed by atoms with Crippen molar-refractivity contribution in [1.82, 2.24) is 0 Å². The molecule has 1 heteroatoms. The Hall–Kier alpha value is -0.300. The van der Waals surface area contributed by atoms with Gasteiger partial charge in [0.1, 0.15) is 0 Å². The molecular weight excluding hydrogens is 272 g/mol.